The number of fused-ring (bicyclic) bond motifs is 2. The maximum atomic E-state index is 15.1. The highest BCUT2D eigenvalue weighted by atomic mass is 19.3. The summed E-state index contributed by atoms with van der Waals surface area (Å²) >= 11 is 0. The van der Waals surface area contributed by atoms with Crippen molar-refractivity contribution in [2.45, 2.75) is 39.9 Å². The van der Waals surface area contributed by atoms with Crippen LogP contribution < -0.4 is 14.4 Å². The van der Waals surface area contributed by atoms with Crippen molar-refractivity contribution in [3.05, 3.63) is 65.0 Å². The Hall–Kier alpha value is -4.08. The summed E-state index contributed by atoms with van der Waals surface area (Å²) in [5.74, 6) is -4.00. The standard InChI is InChI=1S/C26H22F3NO6/c1-4-34-19(31)12-14-9-10-18(17(27)11-14)30-24(32)20-21(25(30)33)23(36-26(28)29)16-8-6-5-7-15(16)22(20)35-13(2)3/h5-11,13,26H,4,12H2,1-3H3. The van der Waals surface area contributed by atoms with Gasteiger partial charge in [0.25, 0.3) is 11.8 Å². The number of carbonyl (C=O) groups is 3. The maximum Gasteiger partial charge on any atom is 0.387 e. The summed E-state index contributed by atoms with van der Waals surface area (Å²) in [5.41, 5.74) is -0.873. The monoisotopic (exact) mass is 501 g/mol. The molecule has 0 radical (unpaired) electrons. The van der Waals surface area contributed by atoms with Crippen LogP contribution in [0.15, 0.2) is 42.5 Å². The topological polar surface area (TPSA) is 82.1 Å². The molecule has 1 aliphatic heterocycles. The average Bonchev–Trinajstić information content (AvgIpc) is 3.06. The molecule has 0 aliphatic carbocycles. The molecule has 0 atom stereocenters. The van der Waals surface area contributed by atoms with Crippen molar-refractivity contribution >= 4 is 34.2 Å². The first-order chi connectivity index (χ1) is 17.1. The number of hydrogen-bond donors (Lipinski definition) is 0. The SMILES string of the molecule is CCOC(=O)Cc1ccc(N2C(=O)c3c(c(OC(F)F)c4ccccc4c3OC(C)C)C2=O)c(F)c1. The van der Waals surface area contributed by atoms with Crippen molar-refractivity contribution in [1.82, 2.24) is 0 Å². The Bertz CT molecular complexity index is 1300. The van der Waals surface area contributed by atoms with Gasteiger partial charge in [0, 0.05) is 10.8 Å². The molecule has 0 bridgehead atoms. The summed E-state index contributed by atoms with van der Waals surface area (Å²) in [6.07, 6.45) is -0.646. The molecular weight excluding hydrogens is 479 g/mol. The van der Waals surface area contributed by atoms with Gasteiger partial charge in [-0.05, 0) is 38.5 Å². The number of ether oxygens (including phenoxy) is 3. The molecule has 188 valence electrons. The summed E-state index contributed by atoms with van der Waals surface area (Å²) in [6.45, 7) is 1.91. The van der Waals surface area contributed by atoms with Crippen molar-refractivity contribution in [3.63, 3.8) is 0 Å². The smallest absolute Gasteiger partial charge is 0.387 e. The zero-order valence-corrected chi connectivity index (χ0v) is 19.6. The number of nitrogens with zero attached hydrogens (tertiary/aromatic N) is 1. The molecule has 0 N–H and O–H groups in total. The minimum Gasteiger partial charge on any atom is -0.489 e. The molecule has 7 nitrogen and oxygen atoms in total. The molecule has 4 rings (SSSR count). The molecule has 3 aromatic carbocycles. The fourth-order valence-electron chi connectivity index (χ4n) is 4.11. The first-order valence-electron chi connectivity index (χ1n) is 11.2. The molecule has 0 aromatic heterocycles. The summed E-state index contributed by atoms with van der Waals surface area (Å²) in [6, 6.07) is 9.75. The Morgan fingerprint density at radius 2 is 1.53 bits per heavy atom. The fraction of sp³-hybridized carbons (Fsp3) is 0.269. The molecule has 0 saturated heterocycles. The third kappa shape index (κ3) is 4.46. The van der Waals surface area contributed by atoms with Gasteiger partial charge < -0.3 is 14.2 Å². The van der Waals surface area contributed by atoms with E-state index in [0.29, 0.717) is 4.90 Å². The van der Waals surface area contributed by atoms with E-state index >= 15 is 4.39 Å². The second kappa shape index (κ2) is 9.88. The minimum absolute atomic E-state index is 0.0115. The highest BCUT2D eigenvalue weighted by Crippen LogP contribution is 2.47. The van der Waals surface area contributed by atoms with Crippen LogP contribution >= 0.6 is 0 Å². The normalized spacial score (nSPS) is 13.1. The number of amides is 2. The molecule has 36 heavy (non-hydrogen) atoms. The molecule has 3 aromatic rings. The Morgan fingerprint density at radius 1 is 0.944 bits per heavy atom. The van der Waals surface area contributed by atoms with Gasteiger partial charge >= 0.3 is 12.6 Å². The zero-order chi connectivity index (χ0) is 26.1. The lowest BCUT2D eigenvalue weighted by Gasteiger charge is -2.18. The van der Waals surface area contributed by atoms with Gasteiger partial charge in [-0.15, -0.1) is 0 Å². The van der Waals surface area contributed by atoms with Gasteiger partial charge in [-0.1, -0.05) is 30.3 Å². The first-order valence-corrected chi connectivity index (χ1v) is 11.2. The van der Waals surface area contributed by atoms with Crippen molar-refractivity contribution in [1.29, 1.82) is 0 Å². The number of rotatable bonds is 8. The molecule has 1 aliphatic rings. The summed E-state index contributed by atoms with van der Waals surface area (Å²) < 4.78 is 57.3. The van der Waals surface area contributed by atoms with E-state index in [9.17, 15) is 23.2 Å². The molecule has 0 unspecified atom stereocenters. The van der Waals surface area contributed by atoms with Crippen molar-refractivity contribution < 1.29 is 41.8 Å². The predicted octanol–water partition coefficient (Wildman–Crippen LogP) is 5.27. The number of anilines is 1. The highest BCUT2D eigenvalue weighted by Gasteiger charge is 2.45. The number of benzene rings is 3. The van der Waals surface area contributed by atoms with Crippen LogP contribution in [0.3, 0.4) is 0 Å². The lowest BCUT2D eigenvalue weighted by atomic mass is 9.99. The number of alkyl halides is 2. The third-order valence-corrected chi connectivity index (χ3v) is 5.42. The summed E-state index contributed by atoms with van der Waals surface area (Å²) in [5, 5.41) is 0.425. The number of hydrogen-bond acceptors (Lipinski definition) is 6. The van der Waals surface area contributed by atoms with Crippen LogP contribution in [0.4, 0.5) is 18.9 Å². The van der Waals surface area contributed by atoms with E-state index in [1.165, 1.54) is 18.2 Å². The summed E-state index contributed by atoms with van der Waals surface area (Å²) in [7, 11) is 0. The van der Waals surface area contributed by atoms with E-state index in [-0.39, 0.29) is 40.7 Å². The van der Waals surface area contributed by atoms with Gasteiger partial charge in [-0.2, -0.15) is 8.78 Å². The molecule has 10 heteroatoms. The van der Waals surface area contributed by atoms with Crippen molar-refractivity contribution in [2.24, 2.45) is 0 Å². The Labute approximate surface area is 204 Å². The van der Waals surface area contributed by atoms with Crippen LogP contribution in [0.2, 0.25) is 0 Å². The number of carbonyl (C=O) groups excluding carboxylic acids is 3. The first kappa shape index (κ1) is 25.0. The van der Waals surface area contributed by atoms with Crippen LogP contribution in [0, 0.1) is 5.82 Å². The minimum atomic E-state index is -3.29. The molecule has 0 saturated carbocycles. The summed E-state index contributed by atoms with van der Waals surface area (Å²) in [4.78, 5) is 39.3. The fourth-order valence-corrected chi connectivity index (χ4v) is 4.11. The van der Waals surface area contributed by atoms with Crippen LogP contribution in [0.1, 0.15) is 47.1 Å². The lowest BCUT2D eigenvalue weighted by molar-refractivity contribution is -0.142. The number of halogens is 3. The van der Waals surface area contributed by atoms with Crippen molar-refractivity contribution in [3.8, 4) is 11.5 Å². The van der Waals surface area contributed by atoms with Crippen LogP contribution in [0.25, 0.3) is 10.8 Å². The maximum absolute atomic E-state index is 15.1. The van der Waals surface area contributed by atoms with E-state index in [1.54, 1.807) is 39.0 Å². The van der Waals surface area contributed by atoms with Gasteiger partial charge in [0.05, 0.1) is 35.9 Å². The predicted molar refractivity (Wildman–Crippen MR) is 124 cm³/mol. The van der Waals surface area contributed by atoms with E-state index < -0.39 is 53.3 Å². The van der Waals surface area contributed by atoms with Gasteiger partial charge in [-0.25, -0.2) is 9.29 Å². The number of imide groups is 1. The number of esters is 1. The van der Waals surface area contributed by atoms with Gasteiger partial charge in [0.15, 0.2) is 0 Å². The highest BCUT2D eigenvalue weighted by molar-refractivity contribution is 6.38. The quantitative estimate of drug-likeness (QED) is 0.309. The van der Waals surface area contributed by atoms with E-state index in [1.807, 2.05) is 0 Å². The van der Waals surface area contributed by atoms with Crippen LogP contribution in [-0.4, -0.2) is 37.1 Å². The van der Waals surface area contributed by atoms with Gasteiger partial charge in [0.2, 0.25) is 0 Å². The molecule has 2 amide bonds. The second-order valence-electron chi connectivity index (χ2n) is 8.21. The van der Waals surface area contributed by atoms with E-state index in [0.717, 1.165) is 6.07 Å². The van der Waals surface area contributed by atoms with Gasteiger partial charge in [0.1, 0.15) is 17.3 Å². The largest absolute Gasteiger partial charge is 0.489 e. The Kier molecular flexibility index (Phi) is 6.87. The van der Waals surface area contributed by atoms with E-state index in [2.05, 4.69) is 0 Å². The average molecular weight is 501 g/mol. The second-order valence-corrected chi connectivity index (χ2v) is 8.21. The Morgan fingerprint density at radius 3 is 2.03 bits per heavy atom. The van der Waals surface area contributed by atoms with Crippen LogP contribution in [-0.2, 0) is 16.0 Å². The van der Waals surface area contributed by atoms with E-state index in [4.69, 9.17) is 14.2 Å². The third-order valence-electron chi connectivity index (χ3n) is 5.42. The molecular formula is C26H22F3NO6. The molecule has 0 fully saturated rings. The molecule has 1 heterocycles. The van der Waals surface area contributed by atoms with Crippen LogP contribution in [0.5, 0.6) is 11.5 Å². The molecule has 0 spiro atoms. The lowest BCUT2D eigenvalue weighted by Crippen LogP contribution is -2.30. The van der Waals surface area contributed by atoms with Crippen molar-refractivity contribution in [2.75, 3.05) is 11.5 Å². The zero-order valence-electron chi connectivity index (χ0n) is 19.6. The van der Waals surface area contributed by atoms with Gasteiger partial charge in [-0.3, -0.25) is 14.4 Å². The Balaban J connectivity index is 1.88.